The second-order valence-electron chi connectivity index (χ2n) is 4.66. The number of rotatable bonds is 3. The maximum atomic E-state index is 10.9. The molecule has 0 fully saturated rings. The van der Waals surface area contributed by atoms with Gasteiger partial charge in [0.2, 0.25) is 11.9 Å². The molecule has 0 bridgehead atoms. The van der Waals surface area contributed by atoms with E-state index >= 15 is 0 Å². The number of nitrogens with zero attached hydrogens (tertiary/aromatic N) is 4. The Hall–Kier alpha value is -2.71. The van der Waals surface area contributed by atoms with Crippen molar-refractivity contribution in [2.24, 2.45) is 0 Å². The smallest absolute Gasteiger partial charge is 0.229 e. The summed E-state index contributed by atoms with van der Waals surface area (Å²) in [6, 6.07) is 6.49. The number of aromatic amines is 1. The molecule has 8 heteroatoms. The van der Waals surface area contributed by atoms with Crippen molar-refractivity contribution >= 4 is 28.6 Å². The topological polar surface area (TPSA) is 113 Å². The summed E-state index contributed by atoms with van der Waals surface area (Å²) in [6.45, 7) is 3.77. The van der Waals surface area contributed by atoms with Gasteiger partial charge in [-0.2, -0.15) is 0 Å². The summed E-state index contributed by atoms with van der Waals surface area (Å²) in [4.78, 5) is 15.8. The van der Waals surface area contributed by atoms with Crippen molar-refractivity contribution in [3.63, 3.8) is 0 Å². The molecule has 21 heavy (non-hydrogen) atoms. The van der Waals surface area contributed by atoms with Crippen LogP contribution in [0.1, 0.15) is 11.4 Å². The van der Waals surface area contributed by atoms with Crippen LogP contribution in [0.15, 0.2) is 24.3 Å². The summed E-state index contributed by atoms with van der Waals surface area (Å²) in [5.74, 6) is 0.905. The zero-order valence-corrected chi connectivity index (χ0v) is 11.5. The lowest BCUT2D eigenvalue weighted by Crippen LogP contribution is -2.06. The first-order chi connectivity index (χ1) is 10.0. The molecule has 0 amide bonds. The van der Waals surface area contributed by atoms with E-state index in [-0.39, 0.29) is 10.9 Å². The van der Waals surface area contributed by atoms with Crippen LogP contribution in [0.5, 0.6) is 0 Å². The summed E-state index contributed by atoms with van der Waals surface area (Å²) >= 11 is 0. The standard InChI is InChI=1S/C13H13N6O2/c1-7-5-8(2)15-12(14-7)18-13-16-10-4-3-9(19(20)21)6-11(10)17-13/h3-6,20H,1-2H3,(H2,14,15,16,17,18)/q-1. The Balaban J connectivity index is 1.93. The highest BCUT2D eigenvalue weighted by Gasteiger charge is 2.06. The number of hydrogen-bond acceptors (Lipinski definition) is 7. The molecule has 8 nitrogen and oxygen atoms in total. The van der Waals surface area contributed by atoms with Crippen molar-refractivity contribution in [3.8, 4) is 0 Å². The van der Waals surface area contributed by atoms with Gasteiger partial charge in [-0.15, -0.1) is 0 Å². The van der Waals surface area contributed by atoms with Gasteiger partial charge in [-0.05, 0) is 38.1 Å². The molecule has 3 rings (SSSR count). The van der Waals surface area contributed by atoms with Gasteiger partial charge in [0.1, 0.15) is 0 Å². The molecular formula is C13H13N6O2-. The van der Waals surface area contributed by atoms with E-state index in [4.69, 9.17) is 5.21 Å². The first-order valence-corrected chi connectivity index (χ1v) is 6.26. The first-order valence-electron chi connectivity index (χ1n) is 6.26. The number of hydrogen-bond donors (Lipinski definition) is 3. The molecule has 0 atom stereocenters. The minimum Gasteiger partial charge on any atom is -0.733 e. The lowest BCUT2D eigenvalue weighted by molar-refractivity contribution is 0.296. The molecule has 1 aromatic carbocycles. The maximum Gasteiger partial charge on any atom is 0.229 e. The average Bonchev–Trinajstić information content (AvgIpc) is 2.78. The van der Waals surface area contributed by atoms with Crippen molar-refractivity contribution in [3.05, 3.63) is 40.9 Å². The van der Waals surface area contributed by atoms with Gasteiger partial charge in [0.15, 0.2) is 0 Å². The Morgan fingerprint density at radius 1 is 1.14 bits per heavy atom. The number of aromatic nitrogens is 4. The van der Waals surface area contributed by atoms with Gasteiger partial charge in [0.25, 0.3) is 0 Å². The van der Waals surface area contributed by atoms with Crippen molar-refractivity contribution in [2.45, 2.75) is 13.8 Å². The van der Waals surface area contributed by atoms with E-state index in [0.717, 1.165) is 11.4 Å². The highest BCUT2D eigenvalue weighted by molar-refractivity contribution is 5.81. The third kappa shape index (κ3) is 2.76. The average molecular weight is 285 g/mol. The number of H-pyrrole nitrogens is 1. The van der Waals surface area contributed by atoms with Gasteiger partial charge in [-0.25, -0.2) is 15.0 Å². The van der Waals surface area contributed by atoms with E-state index < -0.39 is 0 Å². The zero-order valence-electron chi connectivity index (χ0n) is 11.5. The van der Waals surface area contributed by atoms with E-state index in [9.17, 15) is 5.21 Å². The molecule has 0 aliphatic heterocycles. The minimum absolute atomic E-state index is 0.125. The summed E-state index contributed by atoms with van der Waals surface area (Å²) < 4.78 is 0. The van der Waals surface area contributed by atoms with Gasteiger partial charge in [-0.3, -0.25) is 10.5 Å². The minimum atomic E-state index is -0.194. The third-order valence-electron chi connectivity index (χ3n) is 2.90. The molecule has 3 aromatic rings. The Labute approximate surface area is 120 Å². The highest BCUT2D eigenvalue weighted by Crippen LogP contribution is 2.21. The van der Waals surface area contributed by atoms with Crippen molar-refractivity contribution in [1.82, 2.24) is 19.9 Å². The van der Waals surface area contributed by atoms with E-state index in [2.05, 4.69) is 25.3 Å². The predicted octanol–water partition coefficient (Wildman–Crippen LogP) is 2.41. The fraction of sp³-hybridized carbons (Fsp3) is 0.154. The Bertz CT molecular complexity index is 778. The zero-order chi connectivity index (χ0) is 15.0. The summed E-state index contributed by atoms with van der Waals surface area (Å²) in [5.41, 5.74) is 3.11. The molecule has 0 saturated heterocycles. The van der Waals surface area contributed by atoms with Crippen LogP contribution >= 0.6 is 0 Å². The van der Waals surface area contributed by atoms with Crippen LogP contribution in [0, 0.1) is 19.1 Å². The molecule has 0 radical (unpaired) electrons. The van der Waals surface area contributed by atoms with Gasteiger partial charge in [0, 0.05) is 11.4 Å². The summed E-state index contributed by atoms with van der Waals surface area (Å²) in [5, 5.41) is 22.5. The Morgan fingerprint density at radius 2 is 1.86 bits per heavy atom. The number of nitrogens with one attached hydrogen (secondary N) is 2. The number of benzene rings is 1. The van der Waals surface area contributed by atoms with E-state index in [1.54, 1.807) is 6.07 Å². The largest absolute Gasteiger partial charge is 0.733 e. The second-order valence-corrected chi connectivity index (χ2v) is 4.66. The van der Waals surface area contributed by atoms with Crippen LogP contribution in [-0.2, 0) is 0 Å². The van der Waals surface area contributed by atoms with Crippen molar-refractivity contribution < 1.29 is 5.21 Å². The molecule has 2 aromatic heterocycles. The number of aryl methyl sites for hydroxylation is 2. The van der Waals surface area contributed by atoms with E-state index in [1.165, 1.54) is 12.1 Å². The van der Waals surface area contributed by atoms with Crippen LogP contribution in [-0.4, -0.2) is 25.1 Å². The maximum absolute atomic E-state index is 10.9. The van der Waals surface area contributed by atoms with Crippen LogP contribution < -0.4 is 10.5 Å². The Morgan fingerprint density at radius 3 is 2.52 bits per heavy atom. The van der Waals surface area contributed by atoms with Crippen molar-refractivity contribution in [2.75, 3.05) is 10.5 Å². The van der Waals surface area contributed by atoms with Crippen LogP contribution in [0.2, 0.25) is 0 Å². The molecule has 0 spiro atoms. The number of fused-ring (bicyclic) bond motifs is 1. The fourth-order valence-electron chi connectivity index (χ4n) is 2.06. The van der Waals surface area contributed by atoms with Crippen LogP contribution in [0.3, 0.4) is 0 Å². The molecule has 0 saturated carbocycles. The highest BCUT2D eigenvalue weighted by atomic mass is 16.8. The monoisotopic (exact) mass is 285 g/mol. The molecular weight excluding hydrogens is 272 g/mol. The van der Waals surface area contributed by atoms with Gasteiger partial charge >= 0.3 is 0 Å². The quantitative estimate of drug-likeness (QED) is 0.633. The lowest BCUT2D eigenvalue weighted by atomic mass is 10.3. The molecule has 108 valence electrons. The molecule has 3 N–H and O–H groups in total. The lowest BCUT2D eigenvalue weighted by Gasteiger charge is -2.20. The van der Waals surface area contributed by atoms with Gasteiger partial charge in [0.05, 0.1) is 16.7 Å². The Kier molecular flexibility index (Phi) is 3.16. The SMILES string of the molecule is Cc1cc(C)nc(Nc2nc3ccc(N([O-])O)cc3[nH]2)n1. The van der Waals surface area contributed by atoms with Crippen LogP contribution in [0.4, 0.5) is 17.6 Å². The first kappa shape index (κ1) is 13.3. The summed E-state index contributed by atoms with van der Waals surface area (Å²) in [7, 11) is 0. The van der Waals surface area contributed by atoms with E-state index in [1.807, 2.05) is 19.9 Å². The fourth-order valence-corrected chi connectivity index (χ4v) is 2.06. The molecule has 0 unspecified atom stereocenters. The van der Waals surface area contributed by atoms with Crippen molar-refractivity contribution in [1.29, 1.82) is 0 Å². The predicted molar refractivity (Wildman–Crippen MR) is 78.5 cm³/mol. The van der Waals surface area contributed by atoms with E-state index in [0.29, 0.717) is 22.9 Å². The van der Waals surface area contributed by atoms with Gasteiger partial charge in [-0.1, -0.05) is 0 Å². The molecule has 2 heterocycles. The third-order valence-corrected chi connectivity index (χ3v) is 2.90. The molecule has 0 aliphatic carbocycles. The summed E-state index contributed by atoms with van der Waals surface area (Å²) in [6.07, 6.45) is 0. The number of anilines is 3. The van der Waals surface area contributed by atoms with Gasteiger partial charge < -0.3 is 15.4 Å². The molecule has 0 aliphatic rings. The second kappa shape index (κ2) is 5.00. The van der Waals surface area contributed by atoms with Crippen LogP contribution in [0.25, 0.3) is 11.0 Å². The number of imidazole rings is 1. The normalized spacial score (nSPS) is 10.9.